The van der Waals surface area contributed by atoms with E-state index in [1.807, 2.05) is 60.7 Å². The summed E-state index contributed by atoms with van der Waals surface area (Å²) in [6.45, 7) is 0. The highest BCUT2D eigenvalue weighted by Gasteiger charge is 2.04. The van der Waals surface area contributed by atoms with E-state index in [1.54, 1.807) is 0 Å². The Morgan fingerprint density at radius 1 is 0.650 bits per heavy atom. The van der Waals surface area contributed by atoms with Gasteiger partial charge < -0.3 is 21.1 Å². The second kappa shape index (κ2) is 8.15. The molecule has 0 radical (unpaired) electrons. The van der Waals surface area contributed by atoms with Gasteiger partial charge in [-0.1, -0.05) is 36.4 Å². The smallest absolute Gasteiger partial charge is 0.414 e. The third kappa shape index (κ3) is 6.06. The lowest BCUT2D eigenvalue weighted by Crippen LogP contribution is -2.09. The van der Waals surface area contributed by atoms with Gasteiger partial charge in [0.15, 0.2) is 0 Å². The monoisotopic (exact) mass is 274 g/mol. The molecule has 0 aliphatic rings. The molecular formula is C14H14N2O4. The Morgan fingerprint density at radius 2 is 0.950 bits per heavy atom. The van der Waals surface area contributed by atoms with Crippen LogP contribution in [0.5, 0.6) is 0 Å². The molecule has 104 valence electrons. The maximum atomic E-state index is 9.10. The van der Waals surface area contributed by atoms with Crippen molar-refractivity contribution in [3.8, 4) is 0 Å². The highest BCUT2D eigenvalue weighted by molar-refractivity contribution is 6.27. The Morgan fingerprint density at radius 3 is 1.20 bits per heavy atom. The summed E-state index contributed by atoms with van der Waals surface area (Å²) in [5, 5.41) is 14.8. The van der Waals surface area contributed by atoms with Crippen molar-refractivity contribution in [2.24, 2.45) is 0 Å². The third-order valence-corrected chi connectivity index (χ3v) is 2.08. The minimum atomic E-state index is -1.82. The molecule has 0 spiro atoms. The van der Waals surface area contributed by atoms with Crippen LogP contribution in [0.4, 0.5) is 11.4 Å². The number of nitrogens with one attached hydrogen (secondary N) is 2. The number of hydrogen-bond acceptors (Lipinski definition) is 4. The van der Waals surface area contributed by atoms with Gasteiger partial charge in [-0.15, -0.1) is 0 Å². The fourth-order valence-electron chi connectivity index (χ4n) is 1.19. The van der Waals surface area contributed by atoms with E-state index in [2.05, 4.69) is 10.9 Å². The van der Waals surface area contributed by atoms with Crippen LogP contribution in [0.2, 0.25) is 0 Å². The third-order valence-electron chi connectivity index (χ3n) is 2.08. The van der Waals surface area contributed by atoms with Crippen molar-refractivity contribution < 1.29 is 19.8 Å². The summed E-state index contributed by atoms with van der Waals surface area (Å²) >= 11 is 0. The maximum absolute atomic E-state index is 9.10. The average molecular weight is 274 g/mol. The van der Waals surface area contributed by atoms with Crippen LogP contribution in [0.25, 0.3) is 0 Å². The minimum absolute atomic E-state index is 1.05. The van der Waals surface area contributed by atoms with Crippen LogP contribution >= 0.6 is 0 Å². The molecule has 6 nitrogen and oxygen atoms in total. The first kappa shape index (κ1) is 15.0. The molecule has 0 fully saturated rings. The van der Waals surface area contributed by atoms with Crippen molar-refractivity contribution in [2.75, 3.05) is 10.9 Å². The lowest BCUT2D eigenvalue weighted by Gasteiger charge is -2.08. The number of anilines is 2. The van der Waals surface area contributed by atoms with E-state index in [9.17, 15) is 0 Å². The number of carbonyl (C=O) groups is 2. The Bertz CT molecular complexity index is 492. The molecule has 0 atom stereocenters. The molecule has 0 unspecified atom stereocenters. The molecule has 0 heterocycles. The van der Waals surface area contributed by atoms with E-state index < -0.39 is 11.9 Å². The van der Waals surface area contributed by atoms with Crippen LogP contribution in [0.15, 0.2) is 60.7 Å². The van der Waals surface area contributed by atoms with Crippen molar-refractivity contribution >= 4 is 23.3 Å². The number of para-hydroxylation sites is 2. The van der Waals surface area contributed by atoms with Crippen LogP contribution in [-0.4, -0.2) is 22.2 Å². The Kier molecular flexibility index (Phi) is 6.13. The predicted octanol–water partition coefficient (Wildman–Crippen LogP) is 2.28. The van der Waals surface area contributed by atoms with Gasteiger partial charge in [0, 0.05) is 0 Å². The van der Waals surface area contributed by atoms with Crippen LogP contribution < -0.4 is 10.9 Å². The predicted molar refractivity (Wildman–Crippen MR) is 75.4 cm³/mol. The molecule has 0 bridgehead atoms. The van der Waals surface area contributed by atoms with Gasteiger partial charge in [0.05, 0.1) is 11.4 Å². The topological polar surface area (TPSA) is 98.7 Å². The number of benzene rings is 2. The van der Waals surface area contributed by atoms with E-state index in [4.69, 9.17) is 19.8 Å². The summed E-state index contributed by atoms with van der Waals surface area (Å²) < 4.78 is 0. The fraction of sp³-hybridized carbons (Fsp3) is 0. The van der Waals surface area contributed by atoms with E-state index in [-0.39, 0.29) is 0 Å². The van der Waals surface area contributed by atoms with Gasteiger partial charge in [0.25, 0.3) is 0 Å². The van der Waals surface area contributed by atoms with Crippen LogP contribution in [0.3, 0.4) is 0 Å². The van der Waals surface area contributed by atoms with Crippen molar-refractivity contribution in [3.63, 3.8) is 0 Å². The number of aliphatic carboxylic acids is 2. The summed E-state index contributed by atoms with van der Waals surface area (Å²) in [6, 6.07) is 20.0. The molecule has 20 heavy (non-hydrogen) atoms. The lowest BCUT2D eigenvalue weighted by molar-refractivity contribution is -0.159. The van der Waals surface area contributed by atoms with Gasteiger partial charge >= 0.3 is 11.9 Å². The molecule has 0 aliphatic carbocycles. The van der Waals surface area contributed by atoms with Gasteiger partial charge in [-0.25, -0.2) is 9.59 Å². The van der Waals surface area contributed by atoms with Crippen molar-refractivity contribution in [3.05, 3.63) is 60.7 Å². The van der Waals surface area contributed by atoms with Crippen LogP contribution in [-0.2, 0) is 9.59 Å². The van der Waals surface area contributed by atoms with Gasteiger partial charge in [0.1, 0.15) is 0 Å². The molecule has 0 saturated carbocycles. The first-order valence-corrected chi connectivity index (χ1v) is 5.68. The molecule has 2 aromatic rings. The lowest BCUT2D eigenvalue weighted by atomic mass is 10.3. The molecular weight excluding hydrogens is 260 g/mol. The second-order valence-electron chi connectivity index (χ2n) is 3.59. The zero-order valence-electron chi connectivity index (χ0n) is 10.5. The highest BCUT2D eigenvalue weighted by atomic mass is 16.4. The van der Waals surface area contributed by atoms with Gasteiger partial charge in [-0.3, -0.25) is 0 Å². The van der Waals surface area contributed by atoms with Crippen molar-refractivity contribution in [2.45, 2.75) is 0 Å². The van der Waals surface area contributed by atoms with Crippen molar-refractivity contribution in [1.82, 2.24) is 0 Å². The average Bonchev–Trinajstić information content (AvgIpc) is 2.48. The quantitative estimate of drug-likeness (QED) is 0.506. The number of carboxylic acids is 2. The molecule has 0 aromatic heterocycles. The molecule has 0 aliphatic heterocycles. The Labute approximate surface area is 115 Å². The van der Waals surface area contributed by atoms with Gasteiger partial charge in [-0.2, -0.15) is 0 Å². The number of rotatable bonds is 3. The van der Waals surface area contributed by atoms with Crippen molar-refractivity contribution in [1.29, 1.82) is 0 Å². The minimum Gasteiger partial charge on any atom is -0.473 e. The van der Waals surface area contributed by atoms with Gasteiger partial charge in [-0.05, 0) is 24.3 Å². The van der Waals surface area contributed by atoms with E-state index >= 15 is 0 Å². The molecule has 6 heteroatoms. The second-order valence-corrected chi connectivity index (χ2v) is 3.59. The fourth-order valence-corrected chi connectivity index (χ4v) is 1.19. The SMILES string of the molecule is O=C(O)C(=O)O.c1ccc(NNc2ccccc2)cc1. The van der Waals surface area contributed by atoms with E-state index in [1.165, 1.54) is 0 Å². The Balaban J connectivity index is 0.000000286. The molecule has 2 aromatic carbocycles. The van der Waals surface area contributed by atoms with E-state index in [0.29, 0.717) is 0 Å². The molecule has 0 amide bonds. The molecule has 2 rings (SSSR count). The van der Waals surface area contributed by atoms with Crippen LogP contribution in [0.1, 0.15) is 0 Å². The summed E-state index contributed by atoms with van der Waals surface area (Å²) in [7, 11) is 0. The largest absolute Gasteiger partial charge is 0.473 e. The first-order chi connectivity index (χ1) is 9.59. The zero-order chi connectivity index (χ0) is 14.8. The van der Waals surface area contributed by atoms with Gasteiger partial charge in [0.2, 0.25) is 0 Å². The highest BCUT2D eigenvalue weighted by Crippen LogP contribution is 2.08. The number of hydrogen-bond donors (Lipinski definition) is 4. The Hall–Kier alpha value is -3.02. The van der Waals surface area contributed by atoms with E-state index in [0.717, 1.165) is 11.4 Å². The molecule has 0 saturated heterocycles. The summed E-state index contributed by atoms with van der Waals surface area (Å²) in [5.41, 5.74) is 8.33. The zero-order valence-corrected chi connectivity index (χ0v) is 10.5. The van der Waals surface area contributed by atoms with Crippen LogP contribution in [0, 0.1) is 0 Å². The maximum Gasteiger partial charge on any atom is 0.414 e. The number of carboxylic acid groups (broad SMARTS) is 2. The summed E-state index contributed by atoms with van der Waals surface area (Å²) in [4.78, 5) is 18.2. The standard InChI is InChI=1S/C12H12N2.C2H2O4/c1-3-7-11(8-4-1)13-14-12-9-5-2-6-10-12;3-1(4)2(5)6/h1-10,13-14H;(H,3,4)(H,5,6). The number of hydrazine groups is 1. The normalized spacial score (nSPS) is 8.80. The summed E-state index contributed by atoms with van der Waals surface area (Å²) in [6.07, 6.45) is 0. The molecule has 4 N–H and O–H groups in total. The first-order valence-electron chi connectivity index (χ1n) is 5.68. The summed E-state index contributed by atoms with van der Waals surface area (Å²) in [5.74, 6) is -3.65.